The topological polar surface area (TPSA) is 117 Å². The van der Waals surface area contributed by atoms with Crippen molar-refractivity contribution in [3.05, 3.63) is 82.6 Å². The Morgan fingerprint density at radius 1 is 0.911 bits per heavy atom. The van der Waals surface area contributed by atoms with Crippen molar-refractivity contribution in [1.29, 1.82) is 0 Å². The van der Waals surface area contributed by atoms with Crippen LogP contribution in [-0.4, -0.2) is 52.6 Å². The number of carboxylic acids is 1. The number of aryl methyl sites for hydroxylation is 4. The van der Waals surface area contributed by atoms with E-state index in [4.69, 9.17) is 23.0 Å². The molecule has 0 bridgehead atoms. The minimum absolute atomic E-state index is 0.0210. The summed E-state index contributed by atoms with van der Waals surface area (Å²) in [6.45, 7) is 10.5. The molecule has 45 heavy (non-hydrogen) atoms. The Hall–Kier alpha value is -3.06. The number of aromatic nitrogens is 2. The number of oxazole rings is 2. The van der Waals surface area contributed by atoms with E-state index in [1.54, 1.807) is 6.92 Å². The highest BCUT2D eigenvalue weighted by Gasteiger charge is 2.26. The molecular weight excluding hydrogens is 687 g/mol. The zero-order valence-electron chi connectivity index (χ0n) is 26.7. The number of ether oxygens (including phenoxy) is 3. The highest BCUT2D eigenvalue weighted by molar-refractivity contribution is 14.1. The number of alkyl halides is 1. The number of hydrogen-bond donors (Lipinski definition) is 1. The molecule has 0 amide bonds. The van der Waals surface area contributed by atoms with Crippen molar-refractivity contribution < 1.29 is 32.9 Å². The van der Waals surface area contributed by atoms with Gasteiger partial charge in [0, 0.05) is 22.2 Å². The van der Waals surface area contributed by atoms with E-state index in [0.717, 1.165) is 75.6 Å². The van der Waals surface area contributed by atoms with Crippen LogP contribution in [0.4, 0.5) is 0 Å². The van der Waals surface area contributed by atoms with Crippen LogP contribution >= 0.6 is 22.6 Å². The molecule has 10 heteroatoms. The van der Waals surface area contributed by atoms with Gasteiger partial charge < -0.3 is 28.2 Å². The van der Waals surface area contributed by atoms with E-state index >= 15 is 0 Å². The smallest absolute Gasteiger partial charge is 0.335 e. The second kappa shape index (κ2) is 17.0. The van der Waals surface area contributed by atoms with Gasteiger partial charge in [-0.3, -0.25) is 0 Å². The van der Waals surface area contributed by atoms with Gasteiger partial charge in [-0.2, -0.15) is 0 Å². The summed E-state index contributed by atoms with van der Waals surface area (Å²) in [7, 11) is 0. The Labute approximate surface area is 278 Å². The van der Waals surface area contributed by atoms with Gasteiger partial charge in [0.2, 0.25) is 11.8 Å². The number of rotatable bonds is 12. The molecule has 1 N–H and O–H groups in total. The van der Waals surface area contributed by atoms with Crippen molar-refractivity contribution in [2.45, 2.75) is 89.6 Å². The third-order valence-corrected chi connectivity index (χ3v) is 8.32. The van der Waals surface area contributed by atoms with Crippen LogP contribution < -0.4 is 0 Å². The molecule has 1 aliphatic rings. The first-order chi connectivity index (χ1) is 21.7. The van der Waals surface area contributed by atoms with E-state index in [1.807, 2.05) is 57.2 Å². The van der Waals surface area contributed by atoms with E-state index < -0.39 is 12.1 Å². The molecule has 5 rings (SSSR count). The van der Waals surface area contributed by atoms with Crippen molar-refractivity contribution in [3.63, 3.8) is 0 Å². The maximum absolute atomic E-state index is 11.2. The fourth-order valence-electron chi connectivity index (χ4n) is 5.13. The van der Waals surface area contributed by atoms with Gasteiger partial charge in [-0.05, 0) is 84.6 Å². The van der Waals surface area contributed by atoms with Gasteiger partial charge in [-0.15, -0.1) is 0 Å². The van der Waals surface area contributed by atoms with Gasteiger partial charge in [0.15, 0.2) is 6.10 Å². The van der Waals surface area contributed by atoms with E-state index in [0.29, 0.717) is 19.1 Å². The van der Waals surface area contributed by atoms with Crippen LogP contribution in [0, 0.1) is 27.7 Å². The maximum Gasteiger partial charge on any atom is 0.335 e. The van der Waals surface area contributed by atoms with Gasteiger partial charge in [-0.1, -0.05) is 58.0 Å². The Kier molecular flexibility index (Phi) is 13.2. The van der Waals surface area contributed by atoms with Crippen LogP contribution in [0.15, 0.2) is 57.4 Å². The maximum atomic E-state index is 11.2. The molecule has 1 fully saturated rings. The second-order valence-corrected chi connectivity index (χ2v) is 12.0. The molecule has 0 spiro atoms. The number of halogens is 1. The quantitative estimate of drug-likeness (QED) is 0.114. The summed E-state index contributed by atoms with van der Waals surface area (Å²) < 4.78 is 29.5. The SMILES string of the molecule is CCOC(CO[C@@H]1CCC[C@H](OCc2nc(-c3cccc(C)c3)oc2C)C1)C(=O)O.Cc1cccc(-c2nc(CI)c(C)o2)c1. The van der Waals surface area contributed by atoms with E-state index in [2.05, 4.69) is 51.6 Å². The van der Waals surface area contributed by atoms with E-state index in [9.17, 15) is 9.90 Å². The van der Waals surface area contributed by atoms with Gasteiger partial charge in [-0.25, -0.2) is 14.8 Å². The van der Waals surface area contributed by atoms with Crippen molar-refractivity contribution in [2.75, 3.05) is 13.2 Å². The Morgan fingerprint density at radius 2 is 1.47 bits per heavy atom. The first-order valence-corrected chi connectivity index (χ1v) is 16.9. The third-order valence-electron chi connectivity index (χ3n) is 7.60. The molecule has 9 nitrogen and oxygen atoms in total. The predicted molar refractivity (Wildman–Crippen MR) is 180 cm³/mol. The average molecular weight is 731 g/mol. The fraction of sp³-hybridized carbons (Fsp3) is 0.457. The van der Waals surface area contributed by atoms with Gasteiger partial charge in [0.25, 0.3) is 0 Å². The fourth-order valence-corrected chi connectivity index (χ4v) is 5.84. The van der Waals surface area contributed by atoms with Crippen molar-refractivity contribution in [3.8, 4) is 22.9 Å². The lowest BCUT2D eigenvalue weighted by Gasteiger charge is -2.29. The molecule has 0 aliphatic heterocycles. The second-order valence-electron chi connectivity index (χ2n) is 11.3. The summed E-state index contributed by atoms with van der Waals surface area (Å²) in [4.78, 5) is 20.3. The Balaban J connectivity index is 0.000000256. The highest BCUT2D eigenvalue weighted by atomic mass is 127. The highest BCUT2D eigenvalue weighted by Crippen LogP contribution is 2.27. The molecule has 2 heterocycles. The molecule has 1 unspecified atom stereocenters. The first kappa shape index (κ1) is 34.8. The molecule has 0 radical (unpaired) electrons. The van der Waals surface area contributed by atoms with Crippen LogP contribution in [0.2, 0.25) is 0 Å². The summed E-state index contributed by atoms with van der Waals surface area (Å²) in [6.07, 6.45) is 2.68. The predicted octanol–water partition coefficient (Wildman–Crippen LogP) is 8.19. The van der Waals surface area contributed by atoms with Crippen molar-refractivity contribution >= 4 is 28.6 Å². The van der Waals surface area contributed by atoms with E-state index in [1.165, 1.54) is 5.56 Å². The lowest BCUT2D eigenvalue weighted by Crippen LogP contribution is -2.34. The van der Waals surface area contributed by atoms with Crippen molar-refractivity contribution in [2.24, 2.45) is 0 Å². The summed E-state index contributed by atoms with van der Waals surface area (Å²) in [5.74, 6) is 2.02. The summed E-state index contributed by atoms with van der Waals surface area (Å²) in [5.41, 5.74) is 6.22. The number of nitrogens with zero attached hydrogens (tertiary/aromatic N) is 2. The normalized spacial score (nSPS) is 17.0. The lowest BCUT2D eigenvalue weighted by atomic mass is 9.95. The zero-order valence-corrected chi connectivity index (χ0v) is 28.8. The molecular formula is C35H43IN2O7. The summed E-state index contributed by atoms with van der Waals surface area (Å²) in [6, 6.07) is 16.3. The van der Waals surface area contributed by atoms with Crippen LogP contribution in [0.5, 0.6) is 0 Å². The molecule has 1 aliphatic carbocycles. The number of carboxylic acid groups (broad SMARTS) is 1. The Morgan fingerprint density at radius 3 is 1.98 bits per heavy atom. The molecule has 0 saturated heterocycles. The monoisotopic (exact) mass is 730 g/mol. The van der Waals surface area contributed by atoms with Crippen LogP contribution in [0.25, 0.3) is 22.9 Å². The summed E-state index contributed by atoms with van der Waals surface area (Å²) in [5, 5.41) is 9.18. The standard InChI is InChI=1S/C23H31NO6.C12H12INO/c1-4-27-21(23(25)26)14-29-19-10-6-9-18(12-19)28-13-20-16(3)30-22(24-20)17-8-5-7-15(2)11-17;1-8-4-3-5-10(6-8)12-14-11(7-13)9(2)15-12/h5,7-8,11,18-19,21H,4,6,9-10,12-14H2,1-3H3,(H,25,26);3-6H,7H2,1-2H3/t18-,19+,21?;/m0./s1. The first-order valence-electron chi connectivity index (χ1n) is 15.4. The lowest BCUT2D eigenvalue weighted by molar-refractivity contribution is -0.157. The molecule has 2 aromatic carbocycles. The number of carbonyl (C=O) groups is 1. The van der Waals surface area contributed by atoms with Gasteiger partial charge in [0.1, 0.15) is 17.2 Å². The van der Waals surface area contributed by atoms with Crippen LogP contribution in [-0.2, 0) is 30.0 Å². The number of benzene rings is 2. The average Bonchev–Trinajstić information content (AvgIpc) is 3.60. The Bertz CT molecular complexity index is 1530. The minimum atomic E-state index is -0.994. The molecule has 2 aromatic heterocycles. The number of hydrogen-bond acceptors (Lipinski definition) is 8. The van der Waals surface area contributed by atoms with Gasteiger partial charge in [0.05, 0.1) is 31.1 Å². The number of aliphatic carboxylic acids is 1. The minimum Gasteiger partial charge on any atom is -0.479 e. The molecule has 242 valence electrons. The van der Waals surface area contributed by atoms with Crippen LogP contribution in [0.1, 0.15) is 66.6 Å². The van der Waals surface area contributed by atoms with Gasteiger partial charge >= 0.3 is 5.97 Å². The summed E-state index contributed by atoms with van der Waals surface area (Å²) >= 11 is 2.30. The van der Waals surface area contributed by atoms with E-state index in [-0.39, 0.29) is 18.8 Å². The van der Waals surface area contributed by atoms with Crippen LogP contribution in [0.3, 0.4) is 0 Å². The molecule has 3 atom stereocenters. The largest absolute Gasteiger partial charge is 0.479 e. The van der Waals surface area contributed by atoms with Crippen molar-refractivity contribution in [1.82, 2.24) is 9.97 Å². The third kappa shape index (κ3) is 10.2. The zero-order chi connectivity index (χ0) is 32.3. The molecule has 1 saturated carbocycles. The molecule has 4 aromatic rings.